The lowest BCUT2D eigenvalue weighted by molar-refractivity contribution is -0.383. The molecule has 0 radical (unpaired) electrons. The van der Waals surface area contributed by atoms with E-state index in [4.69, 9.17) is 0 Å². The summed E-state index contributed by atoms with van der Waals surface area (Å²) < 4.78 is 37.8. The Morgan fingerprint density at radius 3 is 2.45 bits per heavy atom. The van der Waals surface area contributed by atoms with Gasteiger partial charge < -0.3 is 10.2 Å². The standard InChI is InChI=1S/C10H14F3N5O2/c1-6(2)17(4-10(11,12)13)9-7(18(19)20)8(14-3)15-5-16-9/h5-6H,4H2,1-3H3,(H,14,15,16). The molecule has 112 valence electrons. The van der Waals surface area contributed by atoms with Crippen molar-refractivity contribution in [2.45, 2.75) is 26.1 Å². The third-order valence-corrected chi connectivity index (χ3v) is 2.47. The van der Waals surface area contributed by atoms with Gasteiger partial charge in [-0.1, -0.05) is 0 Å². The molecule has 0 aliphatic carbocycles. The molecule has 20 heavy (non-hydrogen) atoms. The van der Waals surface area contributed by atoms with Gasteiger partial charge >= 0.3 is 11.9 Å². The predicted octanol–water partition coefficient (Wildman–Crippen LogP) is 2.20. The summed E-state index contributed by atoms with van der Waals surface area (Å²) in [4.78, 5) is 18.4. The van der Waals surface area contributed by atoms with Gasteiger partial charge in [-0.25, -0.2) is 9.97 Å². The highest BCUT2D eigenvalue weighted by Crippen LogP contribution is 2.34. The fourth-order valence-corrected chi connectivity index (χ4v) is 1.63. The molecule has 1 aromatic heterocycles. The maximum atomic E-state index is 12.6. The number of aromatic nitrogens is 2. The summed E-state index contributed by atoms with van der Waals surface area (Å²) in [5.41, 5.74) is -0.576. The smallest absolute Gasteiger partial charge is 0.367 e. The van der Waals surface area contributed by atoms with E-state index in [2.05, 4.69) is 15.3 Å². The van der Waals surface area contributed by atoms with Crippen molar-refractivity contribution in [2.24, 2.45) is 0 Å². The van der Waals surface area contributed by atoms with Crippen molar-refractivity contribution in [1.29, 1.82) is 0 Å². The van der Waals surface area contributed by atoms with E-state index in [-0.39, 0.29) is 11.6 Å². The average molecular weight is 293 g/mol. The van der Waals surface area contributed by atoms with Crippen LogP contribution in [0.2, 0.25) is 0 Å². The Labute approximate surface area is 113 Å². The van der Waals surface area contributed by atoms with Gasteiger partial charge in [-0.05, 0) is 13.8 Å². The van der Waals surface area contributed by atoms with Crippen LogP contribution in [0.25, 0.3) is 0 Å². The normalized spacial score (nSPS) is 11.6. The summed E-state index contributed by atoms with van der Waals surface area (Å²) in [5.74, 6) is -0.491. The van der Waals surface area contributed by atoms with Crippen LogP contribution in [0, 0.1) is 10.1 Å². The summed E-state index contributed by atoms with van der Waals surface area (Å²) in [6.07, 6.45) is -3.51. The fourth-order valence-electron chi connectivity index (χ4n) is 1.63. The number of hydrogen-bond donors (Lipinski definition) is 1. The number of anilines is 2. The summed E-state index contributed by atoms with van der Waals surface area (Å²) in [7, 11) is 1.39. The quantitative estimate of drug-likeness (QED) is 0.662. The molecule has 0 aliphatic heterocycles. The van der Waals surface area contributed by atoms with E-state index in [1.807, 2.05) is 0 Å². The zero-order valence-electron chi connectivity index (χ0n) is 11.1. The highest BCUT2D eigenvalue weighted by atomic mass is 19.4. The van der Waals surface area contributed by atoms with E-state index in [0.29, 0.717) is 0 Å². The van der Waals surface area contributed by atoms with Crippen molar-refractivity contribution in [1.82, 2.24) is 9.97 Å². The van der Waals surface area contributed by atoms with Gasteiger partial charge in [0.2, 0.25) is 11.6 Å². The molecule has 7 nitrogen and oxygen atoms in total. The summed E-state index contributed by atoms with van der Waals surface area (Å²) >= 11 is 0. The van der Waals surface area contributed by atoms with Crippen molar-refractivity contribution in [2.75, 3.05) is 23.8 Å². The first-order chi connectivity index (χ1) is 9.17. The SMILES string of the molecule is CNc1ncnc(N(CC(F)(F)F)C(C)C)c1[N+](=O)[O-]. The zero-order chi connectivity index (χ0) is 15.5. The maximum absolute atomic E-state index is 12.6. The molecule has 0 fully saturated rings. The lowest BCUT2D eigenvalue weighted by Crippen LogP contribution is -2.40. The molecule has 1 heterocycles. The van der Waals surface area contributed by atoms with E-state index in [1.165, 1.54) is 20.9 Å². The van der Waals surface area contributed by atoms with Crippen molar-refractivity contribution < 1.29 is 18.1 Å². The molecule has 0 aliphatic rings. The molecule has 0 aromatic carbocycles. The second-order valence-electron chi connectivity index (χ2n) is 4.24. The summed E-state index contributed by atoms with van der Waals surface area (Å²) in [5, 5.41) is 13.5. The fraction of sp³-hybridized carbons (Fsp3) is 0.600. The molecular formula is C10H14F3N5O2. The molecule has 1 N–H and O–H groups in total. The largest absolute Gasteiger partial charge is 0.405 e. The third-order valence-electron chi connectivity index (χ3n) is 2.47. The zero-order valence-corrected chi connectivity index (χ0v) is 11.1. The second kappa shape index (κ2) is 5.88. The number of halogens is 3. The monoisotopic (exact) mass is 293 g/mol. The Hall–Kier alpha value is -2.13. The van der Waals surface area contributed by atoms with E-state index >= 15 is 0 Å². The van der Waals surface area contributed by atoms with Crippen LogP contribution in [0.4, 0.5) is 30.5 Å². The van der Waals surface area contributed by atoms with Crippen molar-refractivity contribution in [3.05, 3.63) is 16.4 Å². The first-order valence-electron chi connectivity index (χ1n) is 5.68. The number of hydrogen-bond acceptors (Lipinski definition) is 6. The first-order valence-corrected chi connectivity index (χ1v) is 5.68. The number of nitro groups is 1. The van der Waals surface area contributed by atoms with Crippen molar-refractivity contribution >= 4 is 17.3 Å². The molecule has 0 unspecified atom stereocenters. The molecule has 0 amide bonds. The first kappa shape index (κ1) is 15.9. The topological polar surface area (TPSA) is 84.2 Å². The number of rotatable bonds is 5. The van der Waals surface area contributed by atoms with Gasteiger partial charge in [0.05, 0.1) is 4.92 Å². The van der Waals surface area contributed by atoms with Crippen LogP contribution in [0.1, 0.15) is 13.8 Å². The van der Waals surface area contributed by atoms with Gasteiger partial charge in [0.25, 0.3) is 0 Å². The van der Waals surface area contributed by atoms with E-state index in [9.17, 15) is 23.3 Å². The lowest BCUT2D eigenvalue weighted by Gasteiger charge is -2.28. The molecule has 0 spiro atoms. The van der Waals surface area contributed by atoms with Crippen LogP contribution in [0.5, 0.6) is 0 Å². The third kappa shape index (κ3) is 3.68. The molecule has 1 rings (SSSR count). The minimum atomic E-state index is -4.50. The molecule has 0 saturated heterocycles. The van der Waals surface area contributed by atoms with Crippen LogP contribution < -0.4 is 10.2 Å². The number of alkyl halides is 3. The van der Waals surface area contributed by atoms with E-state index in [0.717, 1.165) is 11.2 Å². The molecular weight excluding hydrogens is 279 g/mol. The Morgan fingerprint density at radius 2 is 2.05 bits per heavy atom. The van der Waals surface area contributed by atoms with Crippen LogP contribution in [0.3, 0.4) is 0 Å². The molecule has 1 aromatic rings. The van der Waals surface area contributed by atoms with Crippen molar-refractivity contribution in [3.63, 3.8) is 0 Å². The number of nitrogens with zero attached hydrogens (tertiary/aromatic N) is 4. The second-order valence-corrected chi connectivity index (χ2v) is 4.24. The van der Waals surface area contributed by atoms with Crippen molar-refractivity contribution in [3.8, 4) is 0 Å². The van der Waals surface area contributed by atoms with Gasteiger partial charge in [-0.15, -0.1) is 0 Å². The predicted molar refractivity (Wildman–Crippen MR) is 66.8 cm³/mol. The van der Waals surface area contributed by atoms with Gasteiger partial charge in [0.1, 0.15) is 12.9 Å². The Bertz CT molecular complexity index is 492. The van der Waals surface area contributed by atoms with E-state index in [1.54, 1.807) is 0 Å². The summed E-state index contributed by atoms with van der Waals surface area (Å²) in [6.45, 7) is 1.67. The van der Waals surface area contributed by atoms with E-state index < -0.39 is 29.4 Å². The molecule has 0 saturated carbocycles. The molecule has 10 heteroatoms. The number of nitrogens with one attached hydrogen (secondary N) is 1. The van der Waals surface area contributed by atoms with Crippen LogP contribution in [-0.4, -0.2) is 40.7 Å². The minimum Gasteiger partial charge on any atom is -0.367 e. The van der Waals surface area contributed by atoms with Crippen LogP contribution in [0.15, 0.2) is 6.33 Å². The van der Waals surface area contributed by atoms with Gasteiger partial charge in [-0.2, -0.15) is 13.2 Å². The van der Waals surface area contributed by atoms with Gasteiger partial charge in [0.15, 0.2) is 0 Å². The summed E-state index contributed by atoms with van der Waals surface area (Å²) in [6, 6.07) is -0.616. The Kier molecular flexibility index (Phi) is 4.69. The Morgan fingerprint density at radius 1 is 1.45 bits per heavy atom. The van der Waals surface area contributed by atoms with Crippen LogP contribution in [-0.2, 0) is 0 Å². The van der Waals surface area contributed by atoms with Gasteiger partial charge in [-0.3, -0.25) is 10.1 Å². The van der Waals surface area contributed by atoms with Crippen LogP contribution >= 0.6 is 0 Å². The van der Waals surface area contributed by atoms with Gasteiger partial charge in [0, 0.05) is 13.1 Å². The average Bonchev–Trinajstić information content (AvgIpc) is 2.33. The molecule has 0 atom stereocenters. The maximum Gasteiger partial charge on any atom is 0.405 e. The highest BCUT2D eigenvalue weighted by Gasteiger charge is 2.36. The Balaban J connectivity index is 3.37. The minimum absolute atomic E-state index is 0.132. The highest BCUT2D eigenvalue weighted by molar-refractivity contribution is 5.70. The molecule has 0 bridgehead atoms. The lowest BCUT2D eigenvalue weighted by atomic mass is 10.3.